The summed E-state index contributed by atoms with van der Waals surface area (Å²) in [6, 6.07) is 13.9. The molecule has 1 aliphatic heterocycles. The average Bonchev–Trinajstić information content (AvgIpc) is 3.32. The van der Waals surface area contributed by atoms with Crippen LogP contribution in [0.2, 0.25) is 0 Å². The summed E-state index contributed by atoms with van der Waals surface area (Å²) in [5.41, 5.74) is 8.36. The largest absolute Gasteiger partial charge is 0.473 e. The summed E-state index contributed by atoms with van der Waals surface area (Å²) in [6.07, 6.45) is 3.59. The monoisotopic (exact) mass is 536 g/mol. The molecular formula is C21H25IN6OS. The van der Waals surface area contributed by atoms with Gasteiger partial charge >= 0.3 is 0 Å². The minimum atomic E-state index is 0. The number of halogens is 1. The van der Waals surface area contributed by atoms with Gasteiger partial charge in [-0.1, -0.05) is 30.3 Å². The molecule has 3 heterocycles. The quantitative estimate of drug-likeness (QED) is 0.296. The van der Waals surface area contributed by atoms with E-state index in [0.717, 1.165) is 42.4 Å². The van der Waals surface area contributed by atoms with Crippen LogP contribution in [0.25, 0.3) is 0 Å². The van der Waals surface area contributed by atoms with Crippen LogP contribution in [0, 0.1) is 0 Å². The van der Waals surface area contributed by atoms with Crippen LogP contribution >= 0.6 is 35.3 Å². The summed E-state index contributed by atoms with van der Waals surface area (Å²) in [7, 11) is 0. The summed E-state index contributed by atoms with van der Waals surface area (Å²) in [4.78, 5) is 17.6. The van der Waals surface area contributed by atoms with Crippen molar-refractivity contribution in [2.24, 2.45) is 10.7 Å². The molecule has 0 unspecified atom stereocenters. The van der Waals surface area contributed by atoms with Crippen molar-refractivity contribution in [3.63, 3.8) is 0 Å². The molecule has 1 aromatic carbocycles. The standard InChI is InChI=1S/C21H24N6OS.HI/c22-20(26-9-11-27(12-10-26)21-24-8-13-29-21)25-15-18-6-7-23-19(14-18)28-16-17-4-2-1-3-5-17;/h1-8,13-14H,9-12,15-16H2,(H2,22,25);1H. The van der Waals surface area contributed by atoms with E-state index in [1.165, 1.54) is 0 Å². The first-order valence-electron chi connectivity index (χ1n) is 9.59. The zero-order valence-electron chi connectivity index (χ0n) is 16.6. The Hall–Kier alpha value is -2.40. The number of nitrogens with zero attached hydrogens (tertiary/aromatic N) is 5. The maximum atomic E-state index is 6.23. The van der Waals surface area contributed by atoms with Crippen molar-refractivity contribution in [3.05, 3.63) is 71.4 Å². The molecular weight excluding hydrogens is 511 g/mol. The third-order valence-electron chi connectivity index (χ3n) is 4.75. The molecule has 0 aliphatic carbocycles. The highest BCUT2D eigenvalue weighted by molar-refractivity contribution is 14.0. The fraction of sp³-hybridized carbons (Fsp3) is 0.286. The lowest BCUT2D eigenvalue weighted by Crippen LogP contribution is -2.51. The molecule has 2 N–H and O–H groups in total. The van der Waals surface area contributed by atoms with Gasteiger partial charge in [0.15, 0.2) is 11.1 Å². The maximum absolute atomic E-state index is 6.23. The number of nitrogens with two attached hydrogens (primary N) is 1. The molecule has 30 heavy (non-hydrogen) atoms. The number of aromatic nitrogens is 2. The predicted molar refractivity (Wildman–Crippen MR) is 132 cm³/mol. The predicted octanol–water partition coefficient (Wildman–Crippen LogP) is 3.37. The van der Waals surface area contributed by atoms with Crippen LogP contribution < -0.4 is 15.4 Å². The third kappa shape index (κ3) is 6.05. The van der Waals surface area contributed by atoms with Gasteiger partial charge < -0.3 is 20.3 Å². The normalized spacial score (nSPS) is 14.3. The van der Waals surface area contributed by atoms with Crippen molar-refractivity contribution in [1.29, 1.82) is 0 Å². The second kappa shape index (κ2) is 11.1. The first-order chi connectivity index (χ1) is 14.3. The zero-order valence-corrected chi connectivity index (χ0v) is 19.7. The number of ether oxygens (including phenoxy) is 1. The van der Waals surface area contributed by atoms with Gasteiger partial charge in [-0.25, -0.2) is 15.0 Å². The summed E-state index contributed by atoms with van der Waals surface area (Å²) >= 11 is 1.67. The highest BCUT2D eigenvalue weighted by Gasteiger charge is 2.19. The van der Waals surface area contributed by atoms with Crippen molar-refractivity contribution in [3.8, 4) is 5.88 Å². The molecule has 1 saturated heterocycles. The molecule has 158 valence electrons. The van der Waals surface area contributed by atoms with E-state index in [1.54, 1.807) is 17.5 Å². The van der Waals surface area contributed by atoms with Gasteiger partial charge in [0.25, 0.3) is 0 Å². The molecule has 7 nitrogen and oxygen atoms in total. The fourth-order valence-electron chi connectivity index (χ4n) is 3.13. The smallest absolute Gasteiger partial charge is 0.213 e. The number of benzene rings is 1. The zero-order chi connectivity index (χ0) is 19.9. The molecule has 0 saturated carbocycles. The maximum Gasteiger partial charge on any atom is 0.213 e. The average molecular weight is 536 g/mol. The Kier molecular flexibility index (Phi) is 8.26. The van der Waals surface area contributed by atoms with Crippen molar-refractivity contribution in [2.75, 3.05) is 31.1 Å². The van der Waals surface area contributed by atoms with E-state index in [-0.39, 0.29) is 24.0 Å². The lowest BCUT2D eigenvalue weighted by Gasteiger charge is -2.35. The third-order valence-corrected chi connectivity index (χ3v) is 5.58. The Morgan fingerprint density at radius 1 is 1.03 bits per heavy atom. The van der Waals surface area contributed by atoms with Crippen LogP contribution in [0.15, 0.2) is 65.2 Å². The minimum absolute atomic E-state index is 0. The fourth-order valence-corrected chi connectivity index (χ4v) is 3.83. The van der Waals surface area contributed by atoms with Crippen LogP contribution in [0.3, 0.4) is 0 Å². The molecule has 0 spiro atoms. The number of hydrogen-bond donors (Lipinski definition) is 1. The number of piperazine rings is 1. The molecule has 0 bridgehead atoms. The number of guanidine groups is 1. The van der Waals surface area contributed by atoms with Crippen molar-refractivity contribution >= 4 is 46.4 Å². The van der Waals surface area contributed by atoms with Gasteiger partial charge in [-0.2, -0.15) is 0 Å². The van der Waals surface area contributed by atoms with Crippen LogP contribution in [0.4, 0.5) is 5.13 Å². The Morgan fingerprint density at radius 3 is 2.57 bits per heavy atom. The van der Waals surface area contributed by atoms with Gasteiger partial charge in [-0.15, -0.1) is 35.3 Å². The lowest BCUT2D eigenvalue weighted by atomic mass is 10.2. The van der Waals surface area contributed by atoms with E-state index in [4.69, 9.17) is 10.5 Å². The molecule has 0 radical (unpaired) electrons. The first-order valence-corrected chi connectivity index (χ1v) is 10.5. The summed E-state index contributed by atoms with van der Waals surface area (Å²) in [5, 5.41) is 3.07. The van der Waals surface area contributed by atoms with Crippen LogP contribution in [-0.2, 0) is 13.2 Å². The van der Waals surface area contributed by atoms with Gasteiger partial charge in [0.1, 0.15) is 6.61 Å². The van der Waals surface area contributed by atoms with Gasteiger partial charge in [0.2, 0.25) is 5.88 Å². The lowest BCUT2D eigenvalue weighted by molar-refractivity contribution is 0.293. The second-order valence-electron chi connectivity index (χ2n) is 6.74. The Labute approximate surface area is 197 Å². The Bertz CT molecular complexity index is 930. The molecule has 3 aromatic rings. The van der Waals surface area contributed by atoms with Gasteiger partial charge in [0.05, 0.1) is 6.54 Å². The van der Waals surface area contributed by atoms with E-state index < -0.39 is 0 Å². The molecule has 1 aliphatic rings. The highest BCUT2D eigenvalue weighted by Crippen LogP contribution is 2.19. The number of hydrogen-bond acceptors (Lipinski definition) is 6. The van der Waals surface area contributed by atoms with Gasteiger partial charge in [-0.05, 0) is 17.2 Å². The van der Waals surface area contributed by atoms with Crippen LogP contribution in [0.5, 0.6) is 5.88 Å². The molecule has 0 atom stereocenters. The molecule has 2 aromatic heterocycles. The van der Waals surface area contributed by atoms with Crippen LogP contribution in [0.1, 0.15) is 11.1 Å². The number of aliphatic imine (C=N–C) groups is 1. The van der Waals surface area contributed by atoms with Gasteiger partial charge in [-0.3, -0.25) is 0 Å². The first kappa shape index (κ1) is 22.3. The minimum Gasteiger partial charge on any atom is -0.473 e. The van der Waals surface area contributed by atoms with Gasteiger partial charge in [0, 0.05) is 50.0 Å². The van der Waals surface area contributed by atoms with Crippen molar-refractivity contribution in [2.45, 2.75) is 13.2 Å². The van der Waals surface area contributed by atoms with E-state index in [2.05, 4.69) is 24.8 Å². The van der Waals surface area contributed by atoms with E-state index in [9.17, 15) is 0 Å². The number of anilines is 1. The number of pyridine rings is 1. The second-order valence-corrected chi connectivity index (χ2v) is 7.61. The molecule has 9 heteroatoms. The summed E-state index contributed by atoms with van der Waals surface area (Å²) in [6.45, 7) is 4.48. The Balaban J connectivity index is 0.00000256. The van der Waals surface area contributed by atoms with E-state index in [1.807, 2.05) is 54.0 Å². The van der Waals surface area contributed by atoms with Crippen molar-refractivity contribution in [1.82, 2.24) is 14.9 Å². The highest BCUT2D eigenvalue weighted by atomic mass is 127. The molecule has 1 fully saturated rings. The SMILES string of the molecule is I.NC(=NCc1ccnc(OCc2ccccc2)c1)N1CCN(c2nccs2)CC1. The summed E-state index contributed by atoms with van der Waals surface area (Å²) < 4.78 is 5.79. The molecule has 0 amide bonds. The topological polar surface area (TPSA) is 79.9 Å². The van der Waals surface area contributed by atoms with Crippen LogP contribution in [-0.4, -0.2) is 47.0 Å². The van der Waals surface area contributed by atoms with E-state index in [0.29, 0.717) is 25.0 Å². The molecule has 4 rings (SSSR count). The number of rotatable bonds is 6. The van der Waals surface area contributed by atoms with E-state index >= 15 is 0 Å². The summed E-state index contributed by atoms with van der Waals surface area (Å²) in [5.74, 6) is 1.17. The van der Waals surface area contributed by atoms with Crippen molar-refractivity contribution < 1.29 is 4.74 Å². The Morgan fingerprint density at radius 2 is 1.83 bits per heavy atom. The number of thiazole rings is 1.